The van der Waals surface area contributed by atoms with E-state index in [0.717, 1.165) is 29.7 Å². The molecule has 1 aliphatic carbocycles. The molecule has 1 aromatic heterocycles. The first-order chi connectivity index (χ1) is 10.7. The smallest absolute Gasteiger partial charge is 0.255 e. The molecule has 0 spiro atoms. The van der Waals surface area contributed by atoms with Gasteiger partial charge in [-0.15, -0.1) is 11.3 Å². The third-order valence-electron chi connectivity index (χ3n) is 4.14. The molecular weight excluding hydrogens is 296 g/mol. The highest BCUT2D eigenvalue weighted by molar-refractivity contribution is 7.15. The topological polar surface area (TPSA) is 64.3 Å². The van der Waals surface area contributed by atoms with Crippen molar-refractivity contribution in [1.29, 1.82) is 0 Å². The van der Waals surface area contributed by atoms with Crippen LogP contribution >= 0.6 is 11.3 Å². The summed E-state index contributed by atoms with van der Waals surface area (Å²) in [6.45, 7) is 0. The molecule has 1 saturated carbocycles. The Kier molecular flexibility index (Phi) is 4.34. The second-order valence-corrected chi connectivity index (χ2v) is 6.48. The third-order valence-corrected chi connectivity index (χ3v) is 4.95. The van der Waals surface area contributed by atoms with Crippen molar-refractivity contribution >= 4 is 22.2 Å². The van der Waals surface area contributed by atoms with Gasteiger partial charge in [-0.1, -0.05) is 25.0 Å². The Balaban J connectivity index is 1.87. The number of ether oxygens (including phenoxy) is 1. The maximum atomic E-state index is 12.6. The van der Waals surface area contributed by atoms with Gasteiger partial charge in [0.15, 0.2) is 0 Å². The summed E-state index contributed by atoms with van der Waals surface area (Å²) < 4.78 is 5.18. The molecule has 0 saturated heterocycles. The van der Waals surface area contributed by atoms with E-state index in [1.54, 1.807) is 7.11 Å². The predicted octanol–water partition coefficient (Wildman–Crippen LogP) is 3.68. The lowest BCUT2D eigenvalue weighted by molar-refractivity contribution is 0.0940. The maximum absolute atomic E-state index is 12.6. The molecule has 0 bridgehead atoms. The fraction of sp³-hybridized carbons (Fsp3) is 0.353. The summed E-state index contributed by atoms with van der Waals surface area (Å²) in [7, 11) is 1.64. The Morgan fingerprint density at radius 1 is 1.27 bits per heavy atom. The number of anilines is 1. The van der Waals surface area contributed by atoms with Crippen molar-refractivity contribution in [2.75, 3.05) is 12.8 Å². The summed E-state index contributed by atoms with van der Waals surface area (Å²) in [5.41, 5.74) is 8.51. The van der Waals surface area contributed by atoms with Crippen LogP contribution in [0.3, 0.4) is 0 Å². The minimum absolute atomic E-state index is 0.0588. The fourth-order valence-electron chi connectivity index (χ4n) is 2.92. The standard InChI is InChI=1S/C17H20N2O2S/c1-21-13-8-6-11(7-9-13)14-10-22-16(18)15(14)17(20)19-12-4-2-3-5-12/h6-10,12H,2-5,18H2,1H3,(H,19,20). The summed E-state index contributed by atoms with van der Waals surface area (Å²) in [5, 5.41) is 5.63. The SMILES string of the molecule is COc1ccc(-c2csc(N)c2C(=O)NC2CCCC2)cc1. The van der Waals surface area contributed by atoms with Gasteiger partial charge in [-0.25, -0.2) is 0 Å². The van der Waals surface area contributed by atoms with E-state index in [1.165, 1.54) is 24.2 Å². The quantitative estimate of drug-likeness (QED) is 0.904. The van der Waals surface area contributed by atoms with Crippen molar-refractivity contribution in [3.63, 3.8) is 0 Å². The first-order valence-corrected chi connectivity index (χ1v) is 8.39. The maximum Gasteiger partial charge on any atom is 0.255 e. The monoisotopic (exact) mass is 316 g/mol. The highest BCUT2D eigenvalue weighted by Crippen LogP contribution is 2.34. The van der Waals surface area contributed by atoms with Crippen molar-refractivity contribution in [3.05, 3.63) is 35.2 Å². The average molecular weight is 316 g/mol. The van der Waals surface area contributed by atoms with E-state index in [1.807, 2.05) is 29.6 Å². The van der Waals surface area contributed by atoms with E-state index in [2.05, 4.69) is 5.32 Å². The van der Waals surface area contributed by atoms with E-state index in [0.29, 0.717) is 10.6 Å². The van der Waals surface area contributed by atoms with Crippen LogP contribution in [-0.2, 0) is 0 Å². The van der Waals surface area contributed by atoms with Gasteiger partial charge in [0.1, 0.15) is 5.75 Å². The first kappa shape index (κ1) is 14.9. The van der Waals surface area contributed by atoms with E-state index in [4.69, 9.17) is 10.5 Å². The number of thiophene rings is 1. The van der Waals surface area contributed by atoms with Crippen molar-refractivity contribution < 1.29 is 9.53 Å². The predicted molar refractivity (Wildman–Crippen MR) is 90.4 cm³/mol. The van der Waals surface area contributed by atoms with Crippen LogP contribution in [0.2, 0.25) is 0 Å². The summed E-state index contributed by atoms with van der Waals surface area (Å²) in [4.78, 5) is 12.6. The van der Waals surface area contributed by atoms with Crippen LogP contribution in [0.15, 0.2) is 29.6 Å². The molecule has 1 aromatic carbocycles. The molecule has 0 atom stereocenters. The Labute approximate surface area is 134 Å². The van der Waals surface area contributed by atoms with E-state index >= 15 is 0 Å². The van der Waals surface area contributed by atoms with Crippen LogP contribution in [0.25, 0.3) is 11.1 Å². The number of nitrogens with two attached hydrogens (primary N) is 1. The molecule has 0 radical (unpaired) electrons. The zero-order chi connectivity index (χ0) is 15.5. The molecule has 1 amide bonds. The molecule has 3 rings (SSSR count). The lowest BCUT2D eigenvalue weighted by Crippen LogP contribution is -2.33. The number of hydrogen-bond acceptors (Lipinski definition) is 4. The molecular formula is C17H20N2O2S. The average Bonchev–Trinajstić information content (AvgIpc) is 3.17. The van der Waals surface area contributed by atoms with Gasteiger partial charge in [-0.2, -0.15) is 0 Å². The van der Waals surface area contributed by atoms with Gasteiger partial charge in [0.05, 0.1) is 17.7 Å². The number of benzene rings is 1. The van der Waals surface area contributed by atoms with E-state index in [-0.39, 0.29) is 11.9 Å². The molecule has 4 nitrogen and oxygen atoms in total. The highest BCUT2D eigenvalue weighted by Gasteiger charge is 2.23. The summed E-state index contributed by atoms with van der Waals surface area (Å²) in [6, 6.07) is 7.97. The molecule has 22 heavy (non-hydrogen) atoms. The van der Waals surface area contributed by atoms with Crippen LogP contribution in [-0.4, -0.2) is 19.1 Å². The van der Waals surface area contributed by atoms with Gasteiger partial charge in [-0.3, -0.25) is 4.79 Å². The zero-order valence-electron chi connectivity index (χ0n) is 12.6. The van der Waals surface area contributed by atoms with Crippen LogP contribution in [0, 0.1) is 0 Å². The van der Waals surface area contributed by atoms with Crippen LogP contribution in [0.4, 0.5) is 5.00 Å². The first-order valence-electron chi connectivity index (χ1n) is 7.51. The molecule has 5 heteroatoms. The minimum Gasteiger partial charge on any atom is -0.497 e. The van der Waals surface area contributed by atoms with Gasteiger partial charge in [0.25, 0.3) is 5.91 Å². The number of nitrogen functional groups attached to an aromatic ring is 1. The highest BCUT2D eigenvalue weighted by atomic mass is 32.1. The Morgan fingerprint density at radius 3 is 2.59 bits per heavy atom. The summed E-state index contributed by atoms with van der Waals surface area (Å²) in [5.74, 6) is 0.736. The number of carbonyl (C=O) groups excluding carboxylic acids is 1. The second kappa shape index (κ2) is 6.40. The van der Waals surface area contributed by atoms with Crippen molar-refractivity contribution in [1.82, 2.24) is 5.32 Å². The minimum atomic E-state index is -0.0588. The number of hydrogen-bond donors (Lipinski definition) is 2. The fourth-order valence-corrected chi connectivity index (χ4v) is 3.74. The number of rotatable bonds is 4. The molecule has 1 fully saturated rings. The number of nitrogens with one attached hydrogen (secondary N) is 1. The Bertz CT molecular complexity index is 658. The number of methoxy groups -OCH3 is 1. The molecule has 116 valence electrons. The lowest BCUT2D eigenvalue weighted by Gasteiger charge is -2.13. The normalized spacial score (nSPS) is 15.0. The van der Waals surface area contributed by atoms with Crippen molar-refractivity contribution in [2.45, 2.75) is 31.7 Å². The second-order valence-electron chi connectivity index (χ2n) is 5.57. The van der Waals surface area contributed by atoms with Gasteiger partial charge in [-0.05, 0) is 30.5 Å². The lowest BCUT2D eigenvalue weighted by atomic mass is 10.0. The third kappa shape index (κ3) is 2.95. The van der Waals surface area contributed by atoms with Gasteiger partial charge >= 0.3 is 0 Å². The van der Waals surface area contributed by atoms with Crippen LogP contribution in [0.5, 0.6) is 5.75 Å². The molecule has 2 aromatic rings. The zero-order valence-corrected chi connectivity index (χ0v) is 13.4. The van der Waals surface area contributed by atoms with E-state index in [9.17, 15) is 4.79 Å². The molecule has 0 aliphatic heterocycles. The Morgan fingerprint density at radius 2 is 1.95 bits per heavy atom. The van der Waals surface area contributed by atoms with Crippen LogP contribution in [0.1, 0.15) is 36.0 Å². The molecule has 1 heterocycles. The molecule has 1 aliphatic rings. The number of carbonyl (C=O) groups is 1. The summed E-state index contributed by atoms with van der Waals surface area (Å²) in [6.07, 6.45) is 4.51. The van der Waals surface area contributed by atoms with Gasteiger partial charge in [0, 0.05) is 17.0 Å². The largest absolute Gasteiger partial charge is 0.497 e. The number of amides is 1. The van der Waals surface area contributed by atoms with Gasteiger partial charge in [0.2, 0.25) is 0 Å². The Hall–Kier alpha value is -2.01. The summed E-state index contributed by atoms with van der Waals surface area (Å²) >= 11 is 1.41. The van der Waals surface area contributed by atoms with Crippen molar-refractivity contribution in [2.24, 2.45) is 0 Å². The van der Waals surface area contributed by atoms with E-state index < -0.39 is 0 Å². The molecule has 0 unspecified atom stereocenters. The van der Waals surface area contributed by atoms with Crippen LogP contribution < -0.4 is 15.8 Å². The van der Waals surface area contributed by atoms with Gasteiger partial charge < -0.3 is 15.8 Å². The molecule has 3 N–H and O–H groups in total. The van der Waals surface area contributed by atoms with Crippen molar-refractivity contribution in [3.8, 4) is 16.9 Å².